The fraction of sp³-hybridized carbons (Fsp3) is 0.625. The molecule has 1 aliphatic rings. The number of alkyl halides is 3. The van der Waals surface area contributed by atoms with Gasteiger partial charge < -0.3 is 14.7 Å². The third-order valence-electron chi connectivity index (χ3n) is 3.96. The van der Waals surface area contributed by atoms with Gasteiger partial charge in [0.25, 0.3) is 0 Å². The van der Waals surface area contributed by atoms with Crippen molar-refractivity contribution in [2.45, 2.75) is 32.0 Å². The molecule has 1 N–H and O–H groups in total. The lowest BCUT2D eigenvalue weighted by molar-refractivity contribution is -0.187. The first-order valence-electron chi connectivity index (χ1n) is 7.52. The van der Waals surface area contributed by atoms with Crippen molar-refractivity contribution in [3.63, 3.8) is 0 Å². The van der Waals surface area contributed by atoms with Crippen LogP contribution in [0.3, 0.4) is 0 Å². The van der Waals surface area contributed by atoms with Crippen molar-refractivity contribution in [2.24, 2.45) is 5.92 Å². The van der Waals surface area contributed by atoms with Crippen LogP contribution in [0.15, 0.2) is 24.3 Å². The Kier molecular flexibility index (Phi) is 5.69. The second kappa shape index (κ2) is 7.33. The molecule has 124 valence electrons. The minimum atomic E-state index is -4.15. The second-order valence-electron chi connectivity index (χ2n) is 5.87. The Bertz CT molecular complexity index is 479. The van der Waals surface area contributed by atoms with Gasteiger partial charge in [-0.25, -0.2) is 0 Å². The predicted molar refractivity (Wildman–Crippen MR) is 77.9 cm³/mol. The summed E-state index contributed by atoms with van der Waals surface area (Å²) in [7, 11) is 0. The monoisotopic (exact) mass is 317 g/mol. The van der Waals surface area contributed by atoms with E-state index in [9.17, 15) is 18.3 Å². The quantitative estimate of drug-likeness (QED) is 0.906. The first-order chi connectivity index (χ1) is 10.4. The summed E-state index contributed by atoms with van der Waals surface area (Å²) in [6.45, 7) is 2.75. The van der Waals surface area contributed by atoms with Crippen molar-refractivity contribution >= 4 is 0 Å². The van der Waals surface area contributed by atoms with Gasteiger partial charge in [-0.1, -0.05) is 18.2 Å². The molecule has 1 fully saturated rings. The number of nitrogens with zero attached hydrogens (tertiary/aromatic N) is 1. The molecule has 2 atom stereocenters. The van der Waals surface area contributed by atoms with Crippen molar-refractivity contribution in [3.05, 3.63) is 29.8 Å². The van der Waals surface area contributed by atoms with E-state index in [4.69, 9.17) is 4.74 Å². The number of benzene rings is 1. The van der Waals surface area contributed by atoms with E-state index in [0.29, 0.717) is 18.7 Å². The number of para-hydroxylation sites is 1. The van der Waals surface area contributed by atoms with Crippen molar-refractivity contribution in [2.75, 3.05) is 26.2 Å². The summed E-state index contributed by atoms with van der Waals surface area (Å²) in [6, 6.07) is 7.44. The van der Waals surface area contributed by atoms with E-state index < -0.39 is 18.2 Å². The minimum absolute atomic E-state index is 0.0368. The summed E-state index contributed by atoms with van der Waals surface area (Å²) in [5, 5.41) is 9.99. The van der Waals surface area contributed by atoms with Crippen molar-refractivity contribution in [3.8, 4) is 5.75 Å². The molecule has 22 heavy (non-hydrogen) atoms. The second-order valence-corrected chi connectivity index (χ2v) is 5.87. The van der Waals surface area contributed by atoms with Gasteiger partial charge in [0.05, 0.1) is 5.92 Å². The third kappa shape index (κ3) is 4.88. The summed E-state index contributed by atoms with van der Waals surface area (Å²) in [6.07, 6.45) is -4.27. The van der Waals surface area contributed by atoms with E-state index in [2.05, 4.69) is 0 Å². The first kappa shape index (κ1) is 17.1. The van der Waals surface area contributed by atoms with Gasteiger partial charge in [0, 0.05) is 13.1 Å². The van der Waals surface area contributed by atoms with E-state index >= 15 is 0 Å². The van der Waals surface area contributed by atoms with E-state index in [1.165, 1.54) is 0 Å². The maximum absolute atomic E-state index is 12.8. The van der Waals surface area contributed by atoms with Crippen LogP contribution in [0.5, 0.6) is 5.75 Å². The number of hydrogen-bond donors (Lipinski definition) is 1. The molecular weight excluding hydrogens is 295 g/mol. The first-order valence-corrected chi connectivity index (χ1v) is 7.52. The number of hydrogen-bond acceptors (Lipinski definition) is 3. The fourth-order valence-electron chi connectivity index (χ4n) is 2.74. The zero-order valence-corrected chi connectivity index (χ0v) is 12.6. The fourth-order valence-corrected chi connectivity index (χ4v) is 2.74. The summed E-state index contributed by atoms with van der Waals surface area (Å²) >= 11 is 0. The third-order valence-corrected chi connectivity index (χ3v) is 3.96. The summed E-state index contributed by atoms with van der Waals surface area (Å²) in [5.41, 5.74) is 0.963. The molecule has 1 aromatic rings. The molecule has 0 bridgehead atoms. The minimum Gasteiger partial charge on any atom is -0.491 e. The molecule has 0 aliphatic carbocycles. The summed E-state index contributed by atoms with van der Waals surface area (Å²) < 4.78 is 43.8. The van der Waals surface area contributed by atoms with E-state index in [-0.39, 0.29) is 26.1 Å². The maximum atomic E-state index is 12.8. The molecule has 6 heteroatoms. The zero-order valence-electron chi connectivity index (χ0n) is 12.6. The molecule has 3 nitrogen and oxygen atoms in total. The van der Waals surface area contributed by atoms with Gasteiger partial charge in [-0.2, -0.15) is 13.2 Å². The number of aliphatic hydroxyl groups excluding tert-OH is 1. The number of rotatable bonds is 5. The van der Waals surface area contributed by atoms with Crippen molar-refractivity contribution < 1.29 is 23.0 Å². The molecule has 0 saturated carbocycles. The van der Waals surface area contributed by atoms with Gasteiger partial charge in [0.2, 0.25) is 0 Å². The SMILES string of the molecule is Cc1ccccc1OC[C@@H](O)CN1CCC[C@@H](C(F)(F)F)C1. The molecule has 1 aromatic carbocycles. The Labute approximate surface area is 128 Å². The summed E-state index contributed by atoms with van der Waals surface area (Å²) in [4.78, 5) is 1.67. The van der Waals surface area contributed by atoms with Crippen LogP contribution >= 0.6 is 0 Å². The van der Waals surface area contributed by atoms with Crippen LogP contribution in [0.4, 0.5) is 13.2 Å². The van der Waals surface area contributed by atoms with Crippen LogP contribution in [0, 0.1) is 12.8 Å². The van der Waals surface area contributed by atoms with Crippen molar-refractivity contribution in [1.29, 1.82) is 0 Å². The Morgan fingerprint density at radius 1 is 1.36 bits per heavy atom. The molecule has 1 aliphatic heterocycles. The van der Waals surface area contributed by atoms with Crippen molar-refractivity contribution in [1.82, 2.24) is 4.90 Å². The van der Waals surface area contributed by atoms with Crippen LogP contribution < -0.4 is 4.74 Å². The number of β-amino-alcohol motifs (C(OH)–C–C–N with tert-alkyl or cyclic N) is 1. The molecule has 0 spiro atoms. The number of ether oxygens (including phenoxy) is 1. The van der Waals surface area contributed by atoms with Gasteiger partial charge >= 0.3 is 6.18 Å². The standard InChI is InChI=1S/C16H22F3NO2/c1-12-5-2-3-7-15(12)22-11-14(21)10-20-8-4-6-13(9-20)16(17,18)19/h2-3,5,7,13-14,21H,4,6,8-11H2,1H3/t13-,14+/m1/s1. The lowest BCUT2D eigenvalue weighted by Gasteiger charge is -2.34. The van der Waals surface area contributed by atoms with E-state index in [0.717, 1.165) is 5.56 Å². The van der Waals surface area contributed by atoms with Gasteiger partial charge in [-0.15, -0.1) is 0 Å². The Hall–Kier alpha value is -1.27. The Morgan fingerprint density at radius 3 is 2.77 bits per heavy atom. The predicted octanol–water partition coefficient (Wildman–Crippen LogP) is 3.01. The molecule has 0 radical (unpaired) electrons. The highest BCUT2D eigenvalue weighted by Gasteiger charge is 2.41. The number of likely N-dealkylation sites (tertiary alicyclic amines) is 1. The lowest BCUT2D eigenvalue weighted by Crippen LogP contribution is -2.45. The van der Waals surface area contributed by atoms with Crippen LogP contribution in [-0.4, -0.2) is 48.5 Å². The number of aliphatic hydroxyl groups is 1. The zero-order chi connectivity index (χ0) is 16.2. The highest BCUT2D eigenvalue weighted by atomic mass is 19.4. The van der Waals surface area contributed by atoms with Gasteiger partial charge in [0.1, 0.15) is 18.5 Å². The summed E-state index contributed by atoms with van der Waals surface area (Å²) in [5.74, 6) is -0.598. The molecular formula is C16H22F3NO2. The highest BCUT2D eigenvalue weighted by molar-refractivity contribution is 5.31. The molecule has 0 aromatic heterocycles. The number of piperidine rings is 1. The molecule has 1 heterocycles. The normalized spacial score (nSPS) is 21.6. The molecule has 0 amide bonds. The number of halogens is 3. The topological polar surface area (TPSA) is 32.7 Å². The molecule has 2 rings (SSSR count). The Balaban J connectivity index is 1.79. The largest absolute Gasteiger partial charge is 0.491 e. The van der Waals surface area contributed by atoms with Gasteiger partial charge in [0.15, 0.2) is 0 Å². The van der Waals surface area contributed by atoms with E-state index in [1.807, 2.05) is 31.2 Å². The smallest absolute Gasteiger partial charge is 0.393 e. The van der Waals surface area contributed by atoms with Crippen LogP contribution in [0.25, 0.3) is 0 Å². The number of aryl methyl sites for hydroxylation is 1. The highest BCUT2D eigenvalue weighted by Crippen LogP contribution is 2.33. The average molecular weight is 317 g/mol. The van der Waals surface area contributed by atoms with Gasteiger partial charge in [-0.3, -0.25) is 0 Å². The van der Waals surface area contributed by atoms with Crippen LogP contribution in [0.2, 0.25) is 0 Å². The van der Waals surface area contributed by atoms with Crippen LogP contribution in [-0.2, 0) is 0 Å². The molecule has 0 unspecified atom stereocenters. The molecule has 1 saturated heterocycles. The Morgan fingerprint density at radius 2 is 2.09 bits per heavy atom. The van der Waals surface area contributed by atoms with Crippen LogP contribution in [0.1, 0.15) is 18.4 Å². The lowest BCUT2D eigenvalue weighted by atomic mass is 9.97. The van der Waals surface area contributed by atoms with E-state index in [1.54, 1.807) is 4.90 Å². The maximum Gasteiger partial charge on any atom is 0.393 e. The van der Waals surface area contributed by atoms with Gasteiger partial charge in [-0.05, 0) is 37.9 Å². The average Bonchev–Trinajstić information content (AvgIpc) is 2.46.